The number of hydrogen-bond donors (Lipinski definition) is 0. The SMILES string of the molecule is c1cnc(N2CCCN(C3CCCc4ccccc43)CC2)nc1. The fraction of sp³-hybridized carbons (Fsp3) is 0.474. The molecule has 1 aliphatic heterocycles. The van der Waals surface area contributed by atoms with Crippen molar-refractivity contribution in [1.82, 2.24) is 14.9 Å². The lowest BCUT2D eigenvalue weighted by Gasteiger charge is -2.35. The summed E-state index contributed by atoms with van der Waals surface area (Å²) in [7, 11) is 0. The molecule has 0 radical (unpaired) electrons. The van der Waals surface area contributed by atoms with E-state index >= 15 is 0 Å². The molecule has 1 atom stereocenters. The summed E-state index contributed by atoms with van der Waals surface area (Å²) in [6, 6.07) is 11.5. The molecule has 0 bridgehead atoms. The van der Waals surface area contributed by atoms with Crippen molar-refractivity contribution in [2.45, 2.75) is 31.7 Å². The zero-order chi connectivity index (χ0) is 15.5. The standard InChI is InChI=1S/C19H24N4/c1-2-8-17-16(6-1)7-3-9-18(17)22-12-5-13-23(15-14-22)19-20-10-4-11-21-19/h1-2,4,6,8,10-11,18H,3,5,7,9,12-15H2. The fourth-order valence-electron chi connectivity index (χ4n) is 4.01. The van der Waals surface area contributed by atoms with Crippen LogP contribution in [0.1, 0.15) is 36.4 Å². The summed E-state index contributed by atoms with van der Waals surface area (Å²) in [5.74, 6) is 0.874. The maximum atomic E-state index is 4.41. The predicted octanol–water partition coefficient (Wildman–Crippen LogP) is 3.07. The molecule has 4 heteroatoms. The molecular weight excluding hydrogens is 284 g/mol. The maximum Gasteiger partial charge on any atom is 0.225 e. The zero-order valence-electron chi connectivity index (χ0n) is 13.6. The van der Waals surface area contributed by atoms with Gasteiger partial charge in [0.25, 0.3) is 0 Å². The first kappa shape index (κ1) is 14.6. The van der Waals surface area contributed by atoms with Crippen molar-refractivity contribution >= 4 is 5.95 Å². The molecule has 2 aliphatic rings. The lowest BCUT2D eigenvalue weighted by molar-refractivity contribution is 0.191. The van der Waals surface area contributed by atoms with Gasteiger partial charge in [0.15, 0.2) is 0 Å². The molecule has 1 fully saturated rings. The molecule has 1 saturated heterocycles. The monoisotopic (exact) mass is 308 g/mol. The minimum atomic E-state index is 0.594. The van der Waals surface area contributed by atoms with Gasteiger partial charge in [0.2, 0.25) is 5.95 Å². The van der Waals surface area contributed by atoms with Gasteiger partial charge in [-0.15, -0.1) is 0 Å². The molecule has 0 N–H and O–H groups in total. The highest BCUT2D eigenvalue weighted by molar-refractivity contribution is 5.33. The van der Waals surface area contributed by atoms with E-state index in [0.717, 1.165) is 25.6 Å². The molecule has 1 unspecified atom stereocenters. The number of anilines is 1. The Morgan fingerprint density at radius 1 is 0.870 bits per heavy atom. The van der Waals surface area contributed by atoms with E-state index in [2.05, 4.69) is 44.0 Å². The van der Waals surface area contributed by atoms with Gasteiger partial charge in [0.05, 0.1) is 0 Å². The van der Waals surface area contributed by atoms with Gasteiger partial charge < -0.3 is 4.90 Å². The third-order valence-electron chi connectivity index (χ3n) is 5.14. The number of hydrogen-bond acceptors (Lipinski definition) is 4. The van der Waals surface area contributed by atoms with Crippen LogP contribution in [0.2, 0.25) is 0 Å². The van der Waals surface area contributed by atoms with Crippen LogP contribution in [0.25, 0.3) is 0 Å². The second kappa shape index (κ2) is 6.67. The second-order valence-electron chi connectivity index (χ2n) is 6.53. The third-order valence-corrected chi connectivity index (χ3v) is 5.14. The summed E-state index contributed by atoms with van der Waals surface area (Å²) in [5.41, 5.74) is 3.11. The Labute approximate surface area is 138 Å². The topological polar surface area (TPSA) is 32.3 Å². The molecule has 1 aromatic carbocycles. The van der Waals surface area contributed by atoms with Gasteiger partial charge in [-0.1, -0.05) is 24.3 Å². The quantitative estimate of drug-likeness (QED) is 0.853. The molecule has 0 amide bonds. The van der Waals surface area contributed by atoms with Crippen molar-refractivity contribution in [3.05, 3.63) is 53.9 Å². The van der Waals surface area contributed by atoms with E-state index in [1.165, 1.54) is 32.2 Å². The lowest BCUT2D eigenvalue weighted by atomic mass is 9.87. The number of aryl methyl sites for hydroxylation is 1. The highest BCUT2D eigenvalue weighted by Gasteiger charge is 2.27. The molecule has 0 spiro atoms. The van der Waals surface area contributed by atoms with Gasteiger partial charge >= 0.3 is 0 Å². The molecule has 4 nitrogen and oxygen atoms in total. The van der Waals surface area contributed by atoms with Gasteiger partial charge in [-0.05, 0) is 42.9 Å². The Balaban J connectivity index is 1.50. The van der Waals surface area contributed by atoms with E-state index in [-0.39, 0.29) is 0 Å². The van der Waals surface area contributed by atoms with Crippen molar-refractivity contribution in [3.63, 3.8) is 0 Å². The van der Waals surface area contributed by atoms with Crippen molar-refractivity contribution < 1.29 is 0 Å². The maximum absolute atomic E-state index is 4.41. The van der Waals surface area contributed by atoms with Crippen LogP contribution in [0.5, 0.6) is 0 Å². The summed E-state index contributed by atoms with van der Waals surface area (Å²) >= 11 is 0. The summed E-state index contributed by atoms with van der Waals surface area (Å²) in [6.45, 7) is 4.33. The number of benzene rings is 1. The largest absolute Gasteiger partial charge is 0.339 e. The first-order chi connectivity index (χ1) is 11.4. The number of aromatic nitrogens is 2. The Hall–Kier alpha value is -1.94. The average Bonchev–Trinajstić information content (AvgIpc) is 2.88. The summed E-state index contributed by atoms with van der Waals surface area (Å²) in [4.78, 5) is 13.8. The lowest BCUT2D eigenvalue weighted by Crippen LogP contribution is -2.35. The van der Waals surface area contributed by atoms with E-state index in [1.807, 2.05) is 18.5 Å². The van der Waals surface area contributed by atoms with Crippen LogP contribution in [0.3, 0.4) is 0 Å². The van der Waals surface area contributed by atoms with Crippen LogP contribution in [0.4, 0.5) is 5.95 Å². The van der Waals surface area contributed by atoms with Gasteiger partial charge in [-0.3, -0.25) is 4.90 Å². The molecule has 2 aromatic rings. The van der Waals surface area contributed by atoms with Gasteiger partial charge in [0, 0.05) is 44.6 Å². The van der Waals surface area contributed by atoms with E-state index in [9.17, 15) is 0 Å². The predicted molar refractivity (Wildman–Crippen MR) is 92.6 cm³/mol. The van der Waals surface area contributed by atoms with Crippen molar-refractivity contribution in [1.29, 1.82) is 0 Å². The zero-order valence-corrected chi connectivity index (χ0v) is 13.6. The molecular formula is C19H24N4. The van der Waals surface area contributed by atoms with Gasteiger partial charge in [-0.2, -0.15) is 0 Å². The molecule has 1 aliphatic carbocycles. The van der Waals surface area contributed by atoms with Crippen LogP contribution in [-0.2, 0) is 6.42 Å². The molecule has 4 rings (SSSR count). The first-order valence-electron chi connectivity index (χ1n) is 8.75. The van der Waals surface area contributed by atoms with E-state index in [4.69, 9.17) is 0 Å². The number of nitrogens with zero attached hydrogens (tertiary/aromatic N) is 4. The first-order valence-corrected chi connectivity index (χ1v) is 8.75. The second-order valence-corrected chi connectivity index (χ2v) is 6.53. The molecule has 1 aromatic heterocycles. The van der Waals surface area contributed by atoms with E-state index in [1.54, 1.807) is 11.1 Å². The minimum absolute atomic E-state index is 0.594. The van der Waals surface area contributed by atoms with E-state index in [0.29, 0.717) is 6.04 Å². The number of rotatable bonds is 2. The Morgan fingerprint density at radius 3 is 2.65 bits per heavy atom. The average molecular weight is 308 g/mol. The Bertz CT molecular complexity index is 643. The minimum Gasteiger partial charge on any atom is -0.339 e. The van der Waals surface area contributed by atoms with Crippen LogP contribution >= 0.6 is 0 Å². The normalized spacial score (nSPS) is 22.4. The molecule has 23 heavy (non-hydrogen) atoms. The van der Waals surface area contributed by atoms with Crippen LogP contribution in [0, 0.1) is 0 Å². The Morgan fingerprint density at radius 2 is 1.74 bits per heavy atom. The smallest absolute Gasteiger partial charge is 0.225 e. The van der Waals surface area contributed by atoms with E-state index < -0.39 is 0 Å². The van der Waals surface area contributed by atoms with Crippen LogP contribution in [0.15, 0.2) is 42.7 Å². The highest BCUT2D eigenvalue weighted by atomic mass is 15.3. The summed E-state index contributed by atoms with van der Waals surface area (Å²) in [6.07, 6.45) is 8.69. The van der Waals surface area contributed by atoms with Crippen LogP contribution in [-0.4, -0.2) is 41.0 Å². The third kappa shape index (κ3) is 3.08. The van der Waals surface area contributed by atoms with Crippen molar-refractivity contribution in [2.75, 3.05) is 31.1 Å². The molecule has 0 saturated carbocycles. The van der Waals surface area contributed by atoms with Crippen molar-refractivity contribution in [2.24, 2.45) is 0 Å². The van der Waals surface area contributed by atoms with Crippen molar-refractivity contribution in [3.8, 4) is 0 Å². The summed E-state index contributed by atoms with van der Waals surface area (Å²) < 4.78 is 0. The van der Waals surface area contributed by atoms with Gasteiger partial charge in [-0.25, -0.2) is 9.97 Å². The molecule has 2 heterocycles. The Kier molecular flexibility index (Phi) is 4.24. The summed E-state index contributed by atoms with van der Waals surface area (Å²) in [5, 5.41) is 0. The fourth-order valence-corrected chi connectivity index (χ4v) is 4.01. The highest BCUT2D eigenvalue weighted by Crippen LogP contribution is 2.34. The number of fused-ring (bicyclic) bond motifs is 1. The van der Waals surface area contributed by atoms with Crippen LogP contribution < -0.4 is 4.90 Å². The van der Waals surface area contributed by atoms with Gasteiger partial charge in [0.1, 0.15) is 0 Å². The molecule has 120 valence electrons.